The van der Waals surface area contributed by atoms with Crippen molar-refractivity contribution < 1.29 is 9.21 Å². The summed E-state index contributed by atoms with van der Waals surface area (Å²) in [6.07, 6.45) is 1.43. The molecule has 0 fully saturated rings. The molecule has 0 spiro atoms. The van der Waals surface area contributed by atoms with Crippen LogP contribution in [-0.4, -0.2) is 10.9 Å². The second kappa shape index (κ2) is 4.99. The molecule has 7 heteroatoms. The molecular weight excluding hydrogens is 292 g/mol. The Labute approximate surface area is 124 Å². The Morgan fingerprint density at radius 1 is 1.24 bits per heavy atom. The summed E-state index contributed by atoms with van der Waals surface area (Å²) in [5, 5.41) is 3.59. The number of nitrogens with two attached hydrogens (primary N) is 2. The molecule has 0 saturated carbocycles. The number of amides is 1. The van der Waals surface area contributed by atoms with Crippen LogP contribution >= 0.6 is 11.6 Å². The van der Waals surface area contributed by atoms with Gasteiger partial charge in [-0.1, -0.05) is 17.7 Å². The van der Waals surface area contributed by atoms with Gasteiger partial charge in [0, 0.05) is 11.9 Å². The lowest BCUT2D eigenvalue weighted by atomic mass is 10.2. The number of halogens is 1. The first-order valence-corrected chi connectivity index (χ1v) is 6.43. The Bertz CT molecular complexity index is 827. The van der Waals surface area contributed by atoms with Gasteiger partial charge in [-0.3, -0.25) is 4.79 Å². The number of fused-ring (bicyclic) bond motifs is 1. The van der Waals surface area contributed by atoms with Crippen LogP contribution in [0.5, 0.6) is 0 Å². The zero-order valence-electron chi connectivity index (χ0n) is 10.8. The molecule has 0 radical (unpaired) electrons. The van der Waals surface area contributed by atoms with Gasteiger partial charge in [0.1, 0.15) is 11.4 Å². The highest BCUT2D eigenvalue weighted by molar-refractivity contribution is 6.30. The SMILES string of the molecule is Nc1cccc2oc(C(=O)Nc3ccc(Cl)cn3)c(N)c12. The molecule has 21 heavy (non-hydrogen) atoms. The van der Waals surface area contributed by atoms with Crippen molar-refractivity contribution in [3.05, 3.63) is 47.3 Å². The van der Waals surface area contributed by atoms with E-state index in [4.69, 9.17) is 27.5 Å². The number of nitrogen functional groups attached to an aromatic ring is 2. The molecule has 0 aliphatic carbocycles. The second-order valence-electron chi connectivity index (χ2n) is 4.38. The van der Waals surface area contributed by atoms with Crippen molar-refractivity contribution >= 4 is 45.7 Å². The average molecular weight is 303 g/mol. The van der Waals surface area contributed by atoms with Gasteiger partial charge in [-0.05, 0) is 24.3 Å². The molecule has 0 saturated heterocycles. The molecule has 1 aromatic carbocycles. The molecule has 1 amide bonds. The van der Waals surface area contributed by atoms with Crippen molar-refractivity contribution in [3.63, 3.8) is 0 Å². The standard InChI is InChI=1S/C14H11ClN4O2/c15-7-4-5-10(18-6-7)19-14(20)13-12(17)11-8(16)2-1-3-9(11)21-13/h1-6H,16-17H2,(H,18,19,20). The number of benzene rings is 1. The number of carbonyl (C=O) groups excluding carboxylic acids is 1. The molecule has 0 unspecified atom stereocenters. The summed E-state index contributed by atoms with van der Waals surface area (Å²) < 4.78 is 5.47. The summed E-state index contributed by atoms with van der Waals surface area (Å²) >= 11 is 5.73. The predicted molar refractivity (Wildman–Crippen MR) is 82.2 cm³/mol. The van der Waals surface area contributed by atoms with Crippen LogP contribution in [0.15, 0.2) is 40.9 Å². The zero-order valence-corrected chi connectivity index (χ0v) is 11.5. The number of nitrogens with zero attached hydrogens (tertiary/aromatic N) is 1. The first-order chi connectivity index (χ1) is 10.1. The van der Waals surface area contributed by atoms with Crippen LogP contribution in [-0.2, 0) is 0 Å². The van der Waals surface area contributed by atoms with Crippen LogP contribution in [0.2, 0.25) is 5.02 Å². The van der Waals surface area contributed by atoms with Gasteiger partial charge in [-0.15, -0.1) is 0 Å². The first kappa shape index (κ1) is 13.3. The summed E-state index contributed by atoms with van der Waals surface area (Å²) in [5.74, 6) is -0.158. The first-order valence-electron chi connectivity index (χ1n) is 6.05. The zero-order chi connectivity index (χ0) is 15.0. The Balaban J connectivity index is 1.96. The van der Waals surface area contributed by atoms with Crippen LogP contribution in [0.25, 0.3) is 11.0 Å². The van der Waals surface area contributed by atoms with E-state index in [9.17, 15) is 4.79 Å². The van der Waals surface area contributed by atoms with Crippen LogP contribution in [0.4, 0.5) is 17.2 Å². The van der Waals surface area contributed by atoms with E-state index in [1.54, 1.807) is 30.3 Å². The Hall–Kier alpha value is -2.73. The Morgan fingerprint density at radius 3 is 2.71 bits per heavy atom. The molecule has 2 aromatic heterocycles. The highest BCUT2D eigenvalue weighted by atomic mass is 35.5. The van der Waals surface area contributed by atoms with Gasteiger partial charge in [0.2, 0.25) is 5.76 Å². The summed E-state index contributed by atoms with van der Waals surface area (Å²) in [6.45, 7) is 0. The molecule has 0 aliphatic heterocycles. The van der Waals surface area contributed by atoms with Crippen molar-refractivity contribution in [2.45, 2.75) is 0 Å². The molecular formula is C14H11ClN4O2. The number of aromatic nitrogens is 1. The lowest BCUT2D eigenvalue weighted by Crippen LogP contribution is -2.13. The summed E-state index contributed by atoms with van der Waals surface area (Å²) in [7, 11) is 0. The molecule has 2 heterocycles. The summed E-state index contributed by atoms with van der Waals surface area (Å²) in [6, 6.07) is 8.30. The van der Waals surface area contributed by atoms with Gasteiger partial charge >= 0.3 is 0 Å². The Kier molecular flexibility index (Phi) is 3.15. The third-order valence-electron chi connectivity index (χ3n) is 2.96. The topological polar surface area (TPSA) is 107 Å². The van der Waals surface area contributed by atoms with E-state index in [1.165, 1.54) is 6.20 Å². The number of hydrogen-bond acceptors (Lipinski definition) is 5. The minimum absolute atomic E-state index is 0.000324. The van der Waals surface area contributed by atoms with E-state index in [2.05, 4.69) is 10.3 Å². The minimum atomic E-state index is -0.502. The molecule has 6 nitrogen and oxygen atoms in total. The van der Waals surface area contributed by atoms with E-state index >= 15 is 0 Å². The molecule has 0 aliphatic rings. The molecule has 3 aromatic rings. The minimum Gasteiger partial charge on any atom is -0.449 e. The number of furan rings is 1. The maximum absolute atomic E-state index is 12.2. The van der Waals surface area contributed by atoms with Crippen molar-refractivity contribution in [2.24, 2.45) is 0 Å². The third kappa shape index (κ3) is 2.36. The fourth-order valence-electron chi connectivity index (χ4n) is 1.99. The molecule has 0 bridgehead atoms. The van der Waals surface area contributed by atoms with Crippen molar-refractivity contribution in [2.75, 3.05) is 16.8 Å². The molecule has 106 valence electrons. The smallest absolute Gasteiger partial charge is 0.294 e. The van der Waals surface area contributed by atoms with E-state index in [0.29, 0.717) is 27.5 Å². The number of hydrogen-bond donors (Lipinski definition) is 3. The van der Waals surface area contributed by atoms with Crippen molar-refractivity contribution in [1.29, 1.82) is 0 Å². The number of carbonyl (C=O) groups is 1. The normalized spacial score (nSPS) is 10.7. The maximum Gasteiger partial charge on any atom is 0.294 e. The average Bonchev–Trinajstić information content (AvgIpc) is 2.80. The van der Waals surface area contributed by atoms with Crippen LogP contribution < -0.4 is 16.8 Å². The second-order valence-corrected chi connectivity index (χ2v) is 4.82. The van der Waals surface area contributed by atoms with Crippen LogP contribution in [0.3, 0.4) is 0 Å². The van der Waals surface area contributed by atoms with E-state index < -0.39 is 5.91 Å². The fourth-order valence-corrected chi connectivity index (χ4v) is 2.10. The van der Waals surface area contributed by atoms with Gasteiger partial charge in [0.25, 0.3) is 5.91 Å². The highest BCUT2D eigenvalue weighted by Gasteiger charge is 2.20. The van der Waals surface area contributed by atoms with Crippen molar-refractivity contribution in [1.82, 2.24) is 4.98 Å². The predicted octanol–water partition coefficient (Wildman–Crippen LogP) is 2.90. The van der Waals surface area contributed by atoms with Gasteiger partial charge < -0.3 is 21.2 Å². The molecule has 3 rings (SSSR count). The summed E-state index contributed by atoms with van der Waals surface area (Å²) in [5.41, 5.74) is 12.9. The van der Waals surface area contributed by atoms with Gasteiger partial charge in [-0.2, -0.15) is 0 Å². The van der Waals surface area contributed by atoms with E-state index in [0.717, 1.165) is 0 Å². The van der Waals surface area contributed by atoms with E-state index in [1.807, 2.05) is 0 Å². The van der Waals surface area contributed by atoms with Gasteiger partial charge in [-0.25, -0.2) is 4.98 Å². The summed E-state index contributed by atoms with van der Waals surface area (Å²) in [4.78, 5) is 16.2. The number of rotatable bonds is 2. The van der Waals surface area contributed by atoms with Crippen LogP contribution in [0, 0.1) is 0 Å². The highest BCUT2D eigenvalue weighted by Crippen LogP contribution is 2.32. The maximum atomic E-state index is 12.2. The van der Waals surface area contributed by atoms with Crippen LogP contribution in [0.1, 0.15) is 10.6 Å². The lowest BCUT2D eigenvalue weighted by molar-refractivity contribution is 0.0999. The quantitative estimate of drug-likeness (QED) is 0.631. The van der Waals surface area contributed by atoms with Gasteiger partial charge in [0.05, 0.1) is 16.1 Å². The number of anilines is 3. The molecule has 5 N–H and O–H groups in total. The number of nitrogens with one attached hydrogen (secondary N) is 1. The monoisotopic (exact) mass is 302 g/mol. The number of pyridine rings is 1. The van der Waals surface area contributed by atoms with Gasteiger partial charge in [0.15, 0.2) is 0 Å². The third-order valence-corrected chi connectivity index (χ3v) is 3.18. The fraction of sp³-hybridized carbons (Fsp3) is 0. The molecule has 0 atom stereocenters. The van der Waals surface area contributed by atoms with E-state index in [-0.39, 0.29) is 11.4 Å². The Morgan fingerprint density at radius 2 is 2.05 bits per heavy atom. The lowest BCUT2D eigenvalue weighted by Gasteiger charge is -2.02. The largest absolute Gasteiger partial charge is 0.449 e. The van der Waals surface area contributed by atoms with Crippen molar-refractivity contribution in [3.8, 4) is 0 Å².